The predicted molar refractivity (Wildman–Crippen MR) is 138 cm³/mol. The summed E-state index contributed by atoms with van der Waals surface area (Å²) in [6.45, 7) is 1.14. The summed E-state index contributed by atoms with van der Waals surface area (Å²) in [6.07, 6.45) is 7.51. The van der Waals surface area contributed by atoms with Gasteiger partial charge in [0.25, 0.3) is 0 Å². The lowest BCUT2D eigenvalue weighted by molar-refractivity contribution is -0.155. The molecule has 1 fully saturated rings. The predicted octanol–water partition coefficient (Wildman–Crippen LogP) is 4.06. The number of hydrogen-bond donors (Lipinski definition) is 0. The quantitative estimate of drug-likeness (QED) is 0.289. The molecule has 2 aliphatic heterocycles. The highest BCUT2D eigenvalue weighted by Gasteiger charge is 2.65. The molecule has 1 spiro atoms. The van der Waals surface area contributed by atoms with E-state index in [1.54, 1.807) is 14.2 Å². The van der Waals surface area contributed by atoms with E-state index in [1.807, 2.05) is 30.3 Å². The summed E-state index contributed by atoms with van der Waals surface area (Å²) in [6, 6.07) is 12.5. The van der Waals surface area contributed by atoms with Crippen molar-refractivity contribution in [3.63, 3.8) is 0 Å². The van der Waals surface area contributed by atoms with Gasteiger partial charge in [0, 0.05) is 36.5 Å². The Hall–Kier alpha value is -3.03. The lowest BCUT2D eigenvalue weighted by Gasteiger charge is -2.56. The van der Waals surface area contributed by atoms with E-state index in [-0.39, 0.29) is 24.3 Å². The Bertz CT molecular complexity index is 1190. The highest BCUT2D eigenvalue weighted by molar-refractivity contribution is 5.70. The standard InChI is InChI=1S/C30H35NO6/c1-31-16-15-30-22-12-14-25(36-26(32)6-4-5-19-7-10-21(34-3)11-8-19)29(30)37-28-24(35-18-33-2)13-9-20(27(28)30)17-23(22)31/h7-14,22-23,25,29H,4-6,15-18H2,1-3H3/t22-,23+,25-,29?,30-/m0/s1. The number of ether oxygens (including phenoxy) is 5. The van der Waals surface area contributed by atoms with Crippen molar-refractivity contribution in [2.75, 3.05) is 34.6 Å². The molecule has 2 aliphatic carbocycles. The van der Waals surface area contributed by atoms with E-state index in [0.717, 1.165) is 43.7 Å². The van der Waals surface area contributed by atoms with Gasteiger partial charge < -0.3 is 28.6 Å². The number of carbonyl (C=O) groups is 1. The van der Waals surface area contributed by atoms with Crippen LogP contribution in [0.2, 0.25) is 0 Å². The van der Waals surface area contributed by atoms with Crippen LogP contribution < -0.4 is 14.2 Å². The molecule has 7 nitrogen and oxygen atoms in total. The van der Waals surface area contributed by atoms with Crippen LogP contribution >= 0.6 is 0 Å². The first kappa shape index (κ1) is 24.3. The van der Waals surface area contributed by atoms with Gasteiger partial charge >= 0.3 is 5.97 Å². The minimum absolute atomic E-state index is 0.159. The first-order valence-corrected chi connectivity index (χ1v) is 13.2. The molecule has 0 amide bonds. The van der Waals surface area contributed by atoms with Gasteiger partial charge in [-0.1, -0.05) is 24.3 Å². The molecule has 1 saturated heterocycles. The number of likely N-dealkylation sites (tertiary alicyclic amines) is 1. The SMILES string of the molecule is COCOc1ccc2c3c1OC1[C@@H](OC(=O)CCCc4ccc(OC)cc4)C=C[C@H]4[C@@H](C2)N(C)CC[C@]314. The number of rotatable bonds is 9. The number of aryl methyl sites for hydroxylation is 1. The summed E-state index contributed by atoms with van der Waals surface area (Å²) in [4.78, 5) is 15.4. The van der Waals surface area contributed by atoms with Crippen LogP contribution in [0, 0.1) is 5.92 Å². The molecule has 2 aromatic rings. The van der Waals surface area contributed by atoms with E-state index in [1.165, 1.54) is 16.7 Å². The van der Waals surface area contributed by atoms with Crippen molar-refractivity contribution < 1.29 is 28.5 Å². The Labute approximate surface area is 218 Å². The first-order chi connectivity index (χ1) is 18.0. The molecule has 4 aliphatic rings. The highest BCUT2D eigenvalue weighted by atomic mass is 16.7. The van der Waals surface area contributed by atoms with Crippen LogP contribution in [-0.4, -0.2) is 63.7 Å². The van der Waals surface area contributed by atoms with Gasteiger partial charge in [-0.05, 0) is 74.7 Å². The summed E-state index contributed by atoms with van der Waals surface area (Å²) >= 11 is 0. The largest absolute Gasteiger partial charge is 0.497 e. The van der Waals surface area contributed by atoms with Gasteiger partial charge in [0.1, 0.15) is 11.9 Å². The van der Waals surface area contributed by atoms with Gasteiger partial charge in [-0.15, -0.1) is 0 Å². The summed E-state index contributed by atoms with van der Waals surface area (Å²) in [7, 11) is 5.49. The molecule has 2 heterocycles. The maximum atomic E-state index is 13.0. The van der Waals surface area contributed by atoms with Crippen LogP contribution in [0.4, 0.5) is 0 Å². The van der Waals surface area contributed by atoms with Crippen LogP contribution in [0.15, 0.2) is 48.6 Å². The van der Waals surface area contributed by atoms with E-state index < -0.39 is 6.10 Å². The van der Waals surface area contributed by atoms with Gasteiger partial charge in [-0.2, -0.15) is 0 Å². The third-order valence-corrected chi connectivity index (χ3v) is 8.72. The lowest BCUT2D eigenvalue weighted by atomic mass is 9.53. The molecule has 1 unspecified atom stereocenters. The van der Waals surface area contributed by atoms with Crippen molar-refractivity contribution in [3.8, 4) is 17.2 Å². The van der Waals surface area contributed by atoms with Crippen molar-refractivity contribution in [2.45, 2.75) is 55.8 Å². The Morgan fingerprint density at radius 1 is 1.14 bits per heavy atom. The van der Waals surface area contributed by atoms with Crippen molar-refractivity contribution >= 4 is 5.97 Å². The number of carbonyl (C=O) groups excluding carboxylic acids is 1. The molecule has 0 saturated carbocycles. The van der Waals surface area contributed by atoms with E-state index in [4.69, 9.17) is 23.7 Å². The minimum Gasteiger partial charge on any atom is -0.497 e. The normalized spacial score (nSPS) is 28.8. The lowest BCUT2D eigenvalue weighted by Crippen LogP contribution is -2.65. The van der Waals surface area contributed by atoms with Gasteiger partial charge in [0.2, 0.25) is 0 Å². The van der Waals surface area contributed by atoms with Crippen LogP contribution in [0.3, 0.4) is 0 Å². The third kappa shape index (κ3) is 3.99. The number of methoxy groups -OCH3 is 2. The molecule has 6 rings (SSSR count). The second-order valence-electron chi connectivity index (χ2n) is 10.6. The van der Waals surface area contributed by atoms with Crippen molar-refractivity contribution in [1.82, 2.24) is 4.90 Å². The molecule has 2 aromatic carbocycles. The summed E-state index contributed by atoms with van der Waals surface area (Å²) < 4.78 is 29.1. The average Bonchev–Trinajstić information content (AvgIpc) is 3.27. The van der Waals surface area contributed by atoms with Gasteiger partial charge in [-0.25, -0.2) is 0 Å². The van der Waals surface area contributed by atoms with Gasteiger partial charge in [0.15, 0.2) is 24.4 Å². The van der Waals surface area contributed by atoms with Crippen molar-refractivity contribution in [1.29, 1.82) is 0 Å². The molecule has 0 N–H and O–H groups in total. The van der Waals surface area contributed by atoms with Crippen molar-refractivity contribution in [2.24, 2.45) is 5.92 Å². The maximum Gasteiger partial charge on any atom is 0.306 e. The molecule has 196 valence electrons. The van der Waals surface area contributed by atoms with Crippen molar-refractivity contribution in [3.05, 3.63) is 65.2 Å². The maximum absolute atomic E-state index is 13.0. The minimum atomic E-state index is -0.428. The fourth-order valence-electron chi connectivity index (χ4n) is 6.99. The Morgan fingerprint density at radius 2 is 1.97 bits per heavy atom. The number of hydrogen-bond acceptors (Lipinski definition) is 7. The van der Waals surface area contributed by atoms with Crippen LogP contribution in [0.1, 0.15) is 36.0 Å². The van der Waals surface area contributed by atoms with Gasteiger partial charge in [0.05, 0.1) is 7.11 Å². The molecule has 2 bridgehead atoms. The number of likely N-dealkylation sites (N-methyl/N-ethyl adjacent to an activating group) is 1. The van der Waals surface area contributed by atoms with Gasteiger partial charge in [-0.3, -0.25) is 4.79 Å². The summed E-state index contributed by atoms with van der Waals surface area (Å²) in [5, 5.41) is 0. The average molecular weight is 506 g/mol. The zero-order valence-electron chi connectivity index (χ0n) is 21.8. The van der Waals surface area contributed by atoms with Crippen LogP contribution in [0.5, 0.6) is 17.2 Å². The smallest absolute Gasteiger partial charge is 0.306 e. The molecule has 37 heavy (non-hydrogen) atoms. The molecule has 0 radical (unpaired) electrons. The van der Waals surface area contributed by atoms with Crippen LogP contribution in [0.25, 0.3) is 0 Å². The number of benzene rings is 2. The zero-order valence-corrected chi connectivity index (χ0v) is 21.8. The topological polar surface area (TPSA) is 66.5 Å². The van der Waals surface area contributed by atoms with E-state index in [9.17, 15) is 4.79 Å². The number of piperidine rings is 1. The molecular weight excluding hydrogens is 470 g/mol. The Balaban J connectivity index is 1.22. The molecular formula is C30H35NO6. The second kappa shape index (κ2) is 9.69. The van der Waals surface area contributed by atoms with E-state index in [0.29, 0.717) is 24.1 Å². The number of nitrogens with zero attached hydrogens (tertiary/aromatic N) is 1. The van der Waals surface area contributed by atoms with E-state index >= 15 is 0 Å². The number of esters is 1. The summed E-state index contributed by atoms with van der Waals surface area (Å²) in [5.74, 6) is 2.46. The third-order valence-electron chi connectivity index (χ3n) is 8.72. The van der Waals surface area contributed by atoms with Crippen LogP contribution in [-0.2, 0) is 32.5 Å². The zero-order chi connectivity index (χ0) is 25.6. The summed E-state index contributed by atoms with van der Waals surface area (Å²) in [5.41, 5.74) is 3.54. The molecule has 0 aromatic heterocycles. The molecule has 5 atom stereocenters. The molecule has 7 heteroatoms. The fraction of sp³-hybridized carbons (Fsp3) is 0.500. The fourth-order valence-corrected chi connectivity index (χ4v) is 6.99. The highest BCUT2D eigenvalue weighted by Crippen LogP contribution is 2.62. The second-order valence-corrected chi connectivity index (χ2v) is 10.6. The van der Waals surface area contributed by atoms with E-state index in [2.05, 4.69) is 30.2 Å². The Morgan fingerprint density at radius 3 is 2.76 bits per heavy atom. The Kier molecular flexibility index (Phi) is 6.37. The first-order valence-electron chi connectivity index (χ1n) is 13.2. The monoisotopic (exact) mass is 505 g/mol.